The summed E-state index contributed by atoms with van der Waals surface area (Å²) in [6.45, 7) is 11.1. The third-order valence-electron chi connectivity index (χ3n) is 3.11. The zero-order chi connectivity index (χ0) is 12.6. The van der Waals surface area contributed by atoms with E-state index >= 15 is 0 Å². The van der Waals surface area contributed by atoms with Crippen LogP contribution in [0.2, 0.25) is 0 Å². The Bertz CT molecular complexity index is 495. The summed E-state index contributed by atoms with van der Waals surface area (Å²) in [4.78, 5) is 6.95. The molecule has 2 aromatic heterocycles. The first-order chi connectivity index (χ1) is 7.88. The molecule has 0 aliphatic carbocycles. The molecule has 2 aromatic rings. The highest BCUT2D eigenvalue weighted by Crippen LogP contribution is 2.26. The quantitative estimate of drug-likeness (QED) is 0.765. The van der Waals surface area contributed by atoms with Gasteiger partial charge in [0, 0.05) is 16.8 Å². The van der Waals surface area contributed by atoms with Crippen LogP contribution in [0.1, 0.15) is 51.9 Å². The summed E-state index contributed by atoms with van der Waals surface area (Å²) in [7, 11) is 0. The Morgan fingerprint density at radius 3 is 1.94 bits per heavy atom. The lowest BCUT2D eigenvalue weighted by molar-refractivity contribution is 0.573. The lowest BCUT2D eigenvalue weighted by Gasteiger charge is -2.15. The average molecular weight is 230 g/mol. The molecular weight excluding hydrogens is 208 g/mol. The Balaban J connectivity index is 2.31. The van der Waals surface area contributed by atoms with Crippen LogP contribution in [-0.2, 0) is 5.41 Å². The van der Waals surface area contributed by atoms with Crippen molar-refractivity contribution in [1.29, 1.82) is 0 Å². The minimum Gasteiger partial charge on any atom is -0.357 e. The van der Waals surface area contributed by atoms with Crippen molar-refractivity contribution in [3.63, 3.8) is 0 Å². The van der Waals surface area contributed by atoms with Gasteiger partial charge in [-0.3, -0.25) is 0 Å². The fourth-order valence-corrected chi connectivity index (χ4v) is 1.90. The monoisotopic (exact) mass is 230 g/mol. The van der Waals surface area contributed by atoms with Crippen LogP contribution < -0.4 is 0 Å². The maximum atomic E-state index is 3.49. The Hall–Kier alpha value is -1.44. The summed E-state index contributed by atoms with van der Waals surface area (Å²) in [6.07, 6.45) is 0. The van der Waals surface area contributed by atoms with Gasteiger partial charge in [-0.05, 0) is 30.2 Å². The number of hydrogen-bond acceptors (Lipinski definition) is 0. The molecule has 0 spiro atoms. The summed E-state index contributed by atoms with van der Waals surface area (Å²) in [5, 5.41) is 0. The van der Waals surface area contributed by atoms with Gasteiger partial charge >= 0.3 is 0 Å². The van der Waals surface area contributed by atoms with E-state index in [9.17, 15) is 0 Å². The molecule has 92 valence electrons. The van der Waals surface area contributed by atoms with Crippen LogP contribution in [0, 0.1) is 0 Å². The van der Waals surface area contributed by atoms with Crippen LogP contribution in [0.15, 0.2) is 24.3 Å². The molecule has 0 aliphatic rings. The van der Waals surface area contributed by atoms with Gasteiger partial charge in [-0.15, -0.1) is 0 Å². The van der Waals surface area contributed by atoms with Crippen molar-refractivity contribution in [2.24, 2.45) is 0 Å². The SMILES string of the molecule is CC(C)c1ccc(-c2ccc(C(C)(C)C)[nH]2)[nH]1. The molecule has 0 aliphatic heterocycles. The molecule has 0 unspecified atom stereocenters. The highest BCUT2D eigenvalue weighted by molar-refractivity contribution is 5.56. The smallest absolute Gasteiger partial charge is 0.0621 e. The molecule has 2 rings (SSSR count). The summed E-state index contributed by atoms with van der Waals surface area (Å²) in [5.74, 6) is 0.542. The molecule has 2 N–H and O–H groups in total. The van der Waals surface area contributed by atoms with Gasteiger partial charge in [-0.1, -0.05) is 34.6 Å². The Labute approximate surface area is 103 Å². The van der Waals surface area contributed by atoms with Gasteiger partial charge in [0.25, 0.3) is 0 Å². The number of aromatic nitrogens is 2. The van der Waals surface area contributed by atoms with E-state index in [1.165, 1.54) is 22.8 Å². The average Bonchev–Trinajstić information content (AvgIpc) is 2.85. The van der Waals surface area contributed by atoms with Crippen LogP contribution in [0.5, 0.6) is 0 Å². The van der Waals surface area contributed by atoms with Gasteiger partial charge in [0.2, 0.25) is 0 Å². The zero-order valence-corrected chi connectivity index (χ0v) is 11.4. The summed E-state index contributed by atoms with van der Waals surface area (Å²) in [5.41, 5.74) is 5.07. The molecule has 0 aromatic carbocycles. The van der Waals surface area contributed by atoms with Crippen LogP contribution in [0.25, 0.3) is 11.4 Å². The summed E-state index contributed by atoms with van der Waals surface area (Å²) in [6, 6.07) is 8.63. The van der Waals surface area contributed by atoms with E-state index in [0.29, 0.717) is 5.92 Å². The van der Waals surface area contributed by atoms with Crippen LogP contribution >= 0.6 is 0 Å². The first-order valence-corrected chi connectivity index (χ1v) is 6.26. The Kier molecular flexibility index (Phi) is 2.90. The third-order valence-corrected chi connectivity index (χ3v) is 3.11. The second-order valence-corrected chi connectivity index (χ2v) is 6.02. The van der Waals surface area contributed by atoms with Crippen molar-refractivity contribution in [2.45, 2.75) is 46.0 Å². The van der Waals surface area contributed by atoms with Gasteiger partial charge in [0.1, 0.15) is 0 Å². The molecule has 0 saturated heterocycles. The maximum absolute atomic E-state index is 3.49. The van der Waals surface area contributed by atoms with Crippen molar-refractivity contribution in [2.75, 3.05) is 0 Å². The van der Waals surface area contributed by atoms with Crippen molar-refractivity contribution >= 4 is 0 Å². The molecule has 0 amide bonds. The number of nitrogens with one attached hydrogen (secondary N) is 2. The third kappa shape index (κ3) is 2.46. The minimum absolute atomic E-state index is 0.172. The van der Waals surface area contributed by atoms with Crippen LogP contribution in [0.3, 0.4) is 0 Å². The number of rotatable bonds is 2. The topological polar surface area (TPSA) is 31.6 Å². The maximum Gasteiger partial charge on any atom is 0.0621 e. The first kappa shape index (κ1) is 12.0. The van der Waals surface area contributed by atoms with Crippen LogP contribution in [-0.4, -0.2) is 9.97 Å². The predicted molar refractivity (Wildman–Crippen MR) is 73.4 cm³/mol. The van der Waals surface area contributed by atoms with Gasteiger partial charge < -0.3 is 9.97 Å². The van der Waals surface area contributed by atoms with Crippen molar-refractivity contribution in [3.8, 4) is 11.4 Å². The molecule has 0 saturated carbocycles. The fraction of sp³-hybridized carbons (Fsp3) is 0.467. The lowest BCUT2D eigenvalue weighted by Crippen LogP contribution is -2.11. The van der Waals surface area contributed by atoms with Gasteiger partial charge in [0.05, 0.1) is 11.4 Å². The van der Waals surface area contributed by atoms with Crippen molar-refractivity contribution < 1.29 is 0 Å². The van der Waals surface area contributed by atoms with E-state index in [-0.39, 0.29) is 5.41 Å². The van der Waals surface area contributed by atoms with E-state index in [1.54, 1.807) is 0 Å². The van der Waals surface area contributed by atoms with E-state index in [1.807, 2.05) is 0 Å². The molecule has 0 fully saturated rings. The predicted octanol–water partition coefficient (Wildman–Crippen LogP) is 4.43. The molecule has 0 atom stereocenters. The molecule has 2 heteroatoms. The lowest BCUT2D eigenvalue weighted by atomic mass is 9.93. The summed E-state index contributed by atoms with van der Waals surface area (Å²) < 4.78 is 0. The highest BCUT2D eigenvalue weighted by atomic mass is 14.8. The normalized spacial score (nSPS) is 12.4. The molecule has 0 bridgehead atoms. The standard InChI is InChI=1S/C15H22N2/c1-10(2)11-6-7-12(16-11)13-8-9-14(17-13)15(3,4)5/h6-10,16-17H,1-5H3. The number of H-pyrrole nitrogens is 2. The van der Waals surface area contributed by atoms with Gasteiger partial charge in [0.15, 0.2) is 0 Å². The number of hydrogen-bond donors (Lipinski definition) is 2. The molecular formula is C15H22N2. The second-order valence-electron chi connectivity index (χ2n) is 6.02. The van der Waals surface area contributed by atoms with Crippen LogP contribution in [0.4, 0.5) is 0 Å². The van der Waals surface area contributed by atoms with Gasteiger partial charge in [-0.25, -0.2) is 0 Å². The minimum atomic E-state index is 0.172. The Morgan fingerprint density at radius 1 is 0.882 bits per heavy atom. The fourth-order valence-electron chi connectivity index (χ4n) is 1.90. The summed E-state index contributed by atoms with van der Waals surface area (Å²) >= 11 is 0. The van der Waals surface area contributed by atoms with E-state index in [4.69, 9.17) is 0 Å². The van der Waals surface area contributed by atoms with Crippen molar-refractivity contribution in [3.05, 3.63) is 35.7 Å². The van der Waals surface area contributed by atoms with E-state index in [0.717, 1.165) is 0 Å². The number of aromatic amines is 2. The van der Waals surface area contributed by atoms with Gasteiger partial charge in [-0.2, -0.15) is 0 Å². The largest absolute Gasteiger partial charge is 0.357 e. The molecule has 0 radical (unpaired) electrons. The van der Waals surface area contributed by atoms with E-state index in [2.05, 4.69) is 68.9 Å². The second kappa shape index (κ2) is 4.10. The molecule has 17 heavy (non-hydrogen) atoms. The first-order valence-electron chi connectivity index (χ1n) is 6.26. The molecule has 2 nitrogen and oxygen atoms in total. The Morgan fingerprint density at radius 2 is 1.47 bits per heavy atom. The zero-order valence-electron chi connectivity index (χ0n) is 11.4. The molecule has 2 heterocycles. The van der Waals surface area contributed by atoms with Crippen molar-refractivity contribution in [1.82, 2.24) is 9.97 Å². The highest BCUT2D eigenvalue weighted by Gasteiger charge is 2.16. The van der Waals surface area contributed by atoms with E-state index < -0.39 is 0 Å².